The lowest BCUT2D eigenvalue weighted by atomic mass is 9.93. The Morgan fingerprint density at radius 3 is 1.90 bits per heavy atom. The maximum absolute atomic E-state index is 12.8. The number of nitrogen functional groups attached to an aromatic ring is 3. The number of hydrogen-bond acceptors (Lipinski definition) is 15. The first-order chi connectivity index (χ1) is 28.4. The number of aromatic amines is 1. The second kappa shape index (κ2) is 16.6. The van der Waals surface area contributed by atoms with Crippen molar-refractivity contribution >= 4 is 44.6 Å². The molecule has 19 nitrogen and oxygen atoms in total. The molecule has 0 spiro atoms. The molecule has 4 fully saturated rings. The summed E-state index contributed by atoms with van der Waals surface area (Å²) in [6.45, 7) is 3.57. The lowest BCUT2D eigenvalue weighted by molar-refractivity contribution is 0.404. The van der Waals surface area contributed by atoms with Gasteiger partial charge in [-0.3, -0.25) is 23.7 Å². The van der Waals surface area contributed by atoms with E-state index in [2.05, 4.69) is 37.6 Å². The molecule has 59 heavy (non-hydrogen) atoms. The predicted octanol–water partition coefficient (Wildman–Crippen LogP) is 0.932. The van der Waals surface area contributed by atoms with Crippen molar-refractivity contribution in [3.05, 3.63) is 53.8 Å². The number of fused-ring (bicyclic) bond motifs is 2. The van der Waals surface area contributed by atoms with Crippen LogP contribution in [0.5, 0.6) is 11.5 Å². The number of nitrogens with zero attached hydrogens (tertiary/aromatic N) is 7. The zero-order valence-corrected chi connectivity index (χ0v) is 33.9. The molecule has 2 aliphatic heterocycles. The molecular weight excluding hydrogens is 759 g/mol. The van der Waals surface area contributed by atoms with E-state index in [4.69, 9.17) is 32.0 Å². The number of aromatic nitrogens is 4. The second-order valence-electron chi connectivity index (χ2n) is 15.9. The Bertz CT molecular complexity index is 2590. The van der Waals surface area contributed by atoms with Crippen LogP contribution in [-0.4, -0.2) is 85.9 Å². The number of ether oxygens (including phenoxy) is 2. The molecule has 19 heteroatoms. The third-order valence-corrected chi connectivity index (χ3v) is 12.3. The number of nitrogens with one attached hydrogen (secondary N) is 3. The van der Waals surface area contributed by atoms with Gasteiger partial charge in [0.25, 0.3) is 11.1 Å². The van der Waals surface area contributed by atoms with Crippen LogP contribution in [0.1, 0.15) is 57.0 Å². The van der Waals surface area contributed by atoms with E-state index in [1.165, 1.54) is 7.11 Å². The minimum atomic E-state index is -0.627. The number of anilines is 4. The lowest BCUT2D eigenvalue weighted by Gasteiger charge is -2.26. The fraction of sp³-hybridized carbons (Fsp3) is 0.550. The van der Waals surface area contributed by atoms with Crippen LogP contribution in [0.4, 0.5) is 22.7 Å². The van der Waals surface area contributed by atoms with Gasteiger partial charge in [0, 0.05) is 62.2 Å². The fourth-order valence-electron chi connectivity index (χ4n) is 9.01. The Balaban J connectivity index is 0.000000179. The molecule has 4 aromatic rings. The van der Waals surface area contributed by atoms with Gasteiger partial charge in [-0.25, -0.2) is 9.59 Å². The van der Waals surface area contributed by atoms with E-state index in [1.54, 1.807) is 28.4 Å². The summed E-state index contributed by atoms with van der Waals surface area (Å²) in [5.74, 6) is 7.14. The van der Waals surface area contributed by atoms with Gasteiger partial charge in [-0.15, -0.1) is 0 Å². The minimum absolute atomic E-state index is 0.0189. The van der Waals surface area contributed by atoms with Gasteiger partial charge in [-0.2, -0.15) is 15.2 Å². The van der Waals surface area contributed by atoms with Gasteiger partial charge < -0.3 is 47.2 Å². The summed E-state index contributed by atoms with van der Waals surface area (Å²) in [7, 11) is 6.79. The molecule has 2 aromatic heterocycles. The minimum Gasteiger partial charge on any atom is -0.492 e. The number of hydrogen-bond donors (Lipinski definition) is 6. The third-order valence-electron chi connectivity index (χ3n) is 12.3. The summed E-state index contributed by atoms with van der Waals surface area (Å²) in [5, 5.41) is 25.4. The second-order valence-corrected chi connectivity index (χ2v) is 15.9. The van der Waals surface area contributed by atoms with E-state index in [0.717, 1.165) is 69.5 Å². The molecule has 0 amide bonds. The molecule has 314 valence electrons. The smallest absolute Gasteiger partial charge is 0.350 e. The molecule has 4 heterocycles. The first-order valence-corrected chi connectivity index (χ1v) is 20.1. The summed E-state index contributed by atoms with van der Waals surface area (Å²) in [4.78, 5) is 57.3. The van der Waals surface area contributed by atoms with E-state index in [0.29, 0.717) is 58.3 Å². The number of H-pyrrole nitrogens is 1. The van der Waals surface area contributed by atoms with Gasteiger partial charge >= 0.3 is 11.4 Å². The number of nitrogens with two attached hydrogens (primary N) is 3. The van der Waals surface area contributed by atoms with Crippen LogP contribution in [0.15, 0.2) is 31.3 Å². The van der Waals surface area contributed by atoms with Crippen LogP contribution in [0.25, 0.3) is 21.8 Å². The van der Waals surface area contributed by atoms with Crippen LogP contribution in [0, 0.1) is 40.4 Å². The number of nitriles is 2. The highest BCUT2D eigenvalue weighted by Crippen LogP contribution is 2.46. The van der Waals surface area contributed by atoms with Crippen molar-refractivity contribution in [1.82, 2.24) is 29.4 Å². The normalized spacial score (nSPS) is 19.9. The van der Waals surface area contributed by atoms with Crippen LogP contribution in [0.3, 0.4) is 0 Å². The van der Waals surface area contributed by atoms with E-state index < -0.39 is 22.5 Å². The first kappa shape index (κ1) is 41.0. The van der Waals surface area contributed by atoms with Crippen LogP contribution in [0.2, 0.25) is 0 Å². The summed E-state index contributed by atoms with van der Waals surface area (Å²) in [6.07, 6.45) is 5.67. The highest BCUT2D eigenvalue weighted by Gasteiger charge is 2.36. The molecule has 2 saturated heterocycles. The molecular formula is C40H53N13O6. The zero-order chi connectivity index (χ0) is 42.3. The fourth-order valence-corrected chi connectivity index (χ4v) is 9.01. The molecule has 2 saturated carbocycles. The first-order valence-electron chi connectivity index (χ1n) is 20.1. The van der Waals surface area contributed by atoms with Crippen molar-refractivity contribution in [2.75, 3.05) is 88.1 Å². The Labute approximate surface area is 339 Å². The molecule has 4 atom stereocenters. The molecule has 9 N–H and O–H groups in total. The monoisotopic (exact) mass is 811 g/mol. The average Bonchev–Trinajstić information content (AvgIpc) is 4.14. The summed E-state index contributed by atoms with van der Waals surface area (Å²) < 4.78 is 15.3. The molecule has 0 bridgehead atoms. The van der Waals surface area contributed by atoms with Crippen molar-refractivity contribution in [1.29, 1.82) is 10.5 Å². The molecule has 0 radical (unpaired) electrons. The van der Waals surface area contributed by atoms with Gasteiger partial charge in [-0.05, 0) is 76.6 Å². The van der Waals surface area contributed by atoms with Crippen molar-refractivity contribution < 1.29 is 9.47 Å². The van der Waals surface area contributed by atoms with E-state index in [1.807, 2.05) is 14.1 Å². The topological polar surface area (TPSA) is 274 Å². The maximum atomic E-state index is 12.8. The van der Waals surface area contributed by atoms with Gasteiger partial charge in [0.05, 0.1) is 60.8 Å². The Hall–Kier alpha value is -6.18. The maximum Gasteiger partial charge on any atom is 0.350 e. The summed E-state index contributed by atoms with van der Waals surface area (Å²) >= 11 is 0. The van der Waals surface area contributed by atoms with Crippen molar-refractivity contribution in [3.8, 4) is 23.6 Å². The quantitative estimate of drug-likeness (QED) is 0.0858. The molecule has 4 aliphatic rings. The van der Waals surface area contributed by atoms with Crippen molar-refractivity contribution in [3.63, 3.8) is 0 Å². The van der Waals surface area contributed by atoms with E-state index in [-0.39, 0.29) is 46.4 Å². The number of rotatable bonds is 12. The Kier molecular flexibility index (Phi) is 11.5. The van der Waals surface area contributed by atoms with Gasteiger partial charge in [0.2, 0.25) is 0 Å². The Morgan fingerprint density at radius 2 is 1.37 bits per heavy atom. The van der Waals surface area contributed by atoms with E-state index >= 15 is 0 Å². The summed E-state index contributed by atoms with van der Waals surface area (Å²) in [6, 6.07) is 8.24. The van der Waals surface area contributed by atoms with Gasteiger partial charge in [-0.1, -0.05) is 0 Å². The van der Waals surface area contributed by atoms with Crippen LogP contribution in [-0.2, 0) is 0 Å². The highest BCUT2D eigenvalue weighted by molar-refractivity contribution is 6.00. The van der Waals surface area contributed by atoms with Crippen molar-refractivity contribution in [2.45, 2.75) is 63.1 Å². The number of benzene rings is 2. The molecule has 2 aliphatic carbocycles. The third kappa shape index (κ3) is 7.40. The highest BCUT2D eigenvalue weighted by atomic mass is 16.5. The Morgan fingerprint density at radius 1 is 0.831 bits per heavy atom. The summed E-state index contributed by atoms with van der Waals surface area (Å²) in [5.41, 5.74) is 13.4. The van der Waals surface area contributed by atoms with Crippen LogP contribution < -0.4 is 69.7 Å². The lowest BCUT2D eigenvalue weighted by Crippen LogP contribution is -2.44. The van der Waals surface area contributed by atoms with E-state index in [9.17, 15) is 24.4 Å². The molecule has 4 unspecified atom stereocenters. The van der Waals surface area contributed by atoms with Crippen molar-refractivity contribution in [2.24, 2.45) is 17.8 Å². The predicted molar refractivity (Wildman–Crippen MR) is 227 cm³/mol. The number of methoxy groups -OCH3 is 2. The zero-order valence-electron chi connectivity index (χ0n) is 33.9. The van der Waals surface area contributed by atoms with Gasteiger partial charge in [0.1, 0.15) is 11.0 Å². The SMILES string of the molecule is CNC(CC#N)C1CCN(c2cc(N)c3c(=O)n(N)c(=O)n(C4CC4)c3c2OC)C1.CNCC(C#N)C1CCN(c2cc(N)c3c(=O)[nH]c(=O)n(C4CC4)c3c2OC)C1. The molecule has 8 rings (SSSR count). The standard InChI is InChI=1S/C20H27N7O3.C20H26N6O3/c1-24-14(5-7-21)11-6-8-25(10-11)15-9-13(22)16-17(18(15)30-2)26(12-3-4-12)20(29)27(23)19(16)28;1-23-9-12(8-21)11-5-6-25(10-11)15-7-14(22)16-17(18(15)29-2)26(13-3-4-13)20(28)24-19(16)27/h9,11-12,14,24H,3-6,8,10,22-23H2,1-2H3;7,11-13,23H,3-6,9-10,22H2,1-2H3,(H,24,27,28). The van der Waals surface area contributed by atoms with Crippen LogP contribution >= 0.6 is 0 Å². The molecule has 2 aromatic carbocycles. The largest absolute Gasteiger partial charge is 0.492 e. The average molecular weight is 812 g/mol. The van der Waals surface area contributed by atoms with Gasteiger partial charge in [0.15, 0.2) is 11.5 Å².